The van der Waals surface area contributed by atoms with E-state index in [1.807, 2.05) is 42.2 Å². The first-order valence-electron chi connectivity index (χ1n) is 10.6. The van der Waals surface area contributed by atoms with Gasteiger partial charge in [0.05, 0.1) is 0 Å². The van der Waals surface area contributed by atoms with Gasteiger partial charge in [-0.1, -0.05) is 29.8 Å². The van der Waals surface area contributed by atoms with Crippen molar-refractivity contribution in [3.05, 3.63) is 101 Å². The standard InChI is InChI=1S/C26H26F2N2O/c1-19-4-2-6-21(16-19)26(31)30(24-10-8-22(27)9-11-24)25-12-14-29(15-13-25)18-20-5-3-7-23(28)17-20/h2-11,16-17,25H,12-15,18H2,1H3. The van der Waals surface area contributed by atoms with E-state index < -0.39 is 0 Å². The Bertz CT molecular complexity index is 1040. The number of nitrogens with zero attached hydrogens (tertiary/aromatic N) is 2. The van der Waals surface area contributed by atoms with E-state index in [9.17, 15) is 13.6 Å². The summed E-state index contributed by atoms with van der Waals surface area (Å²) in [5, 5.41) is 0. The van der Waals surface area contributed by atoms with Crippen LogP contribution < -0.4 is 4.90 Å². The number of likely N-dealkylation sites (tertiary alicyclic amines) is 1. The zero-order valence-electron chi connectivity index (χ0n) is 17.6. The Labute approximate surface area is 181 Å². The highest BCUT2D eigenvalue weighted by Crippen LogP contribution is 2.27. The van der Waals surface area contributed by atoms with Crippen LogP contribution in [0.25, 0.3) is 0 Å². The molecule has 3 aromatic rings. The smallest absolute Gasteiger partial charge is 0.258 e. The number of hydrogen-bond donors (Lipinski definition) is 0. The van der Waals surface area contributed by atoms with E-state index in [-0.39, 0.29) is 23.6 Å². The molecule has 0 saturated carbocycles. The summed E-state index contributed by atoms with van der Waals surface area (Å²) < 4.78 is 27.0. The van der Waals surface area contributed by atoms with Crippen LogP contribution in [0.4, 0.5) is 14.5 Å². The van der Waals surface area contributed by atoms with Crippen molar-refractivity contribution < 1.29 is 13.6 Å². The summed E-state index contributed by atoms with van der Waals surface area (Å²) in [7, 11) is 0. The molecule has 0 spiro atoms. The molecule has 31 heavy (non-hydrogen) atoms. The van der Waals surface area contributed by atoms with Crippen LogP contribution in [0.15, 0.2) is 72.8 Å². The van der Waals surface area contributed by atoms with Gasteiger partial charge >= 0.3 is 0 Å². The molecule has 1 aliphatic heterocycles. The molecule has 1 heterocycles. The van der Waals surface area contributed by atoms with Gasteiger partial charge in [-0.3, -0.25) is 9.69 Å². The van der Waals surface area contributed by atoms with Crippen LogP contribution in [0.3, 0.4) is 0 Å². The first-order valence-corrected chi connectivity index (χ1v) is 10.6. The first kappa shape index (κ1) is 21.2. The fourth-order valence-corrected chi connectivity index (χ4v) is 4.24. The van der Waals surface area contributed by atoms with Crippen molar-refractivity contribution in [2.75, 3.05) is 18.0 Å². The van der Waals surface area contributed by atoms with E-state index in [1.54, 1.807) is 24.3 Å². The summed E-state index contributed by atoms with van der Waals surface area (Å²) in [6, 6.07) is 20.4. The number of carbonyl (C=O) groups excluding carboxylic acids is 1. The molecule has 1 saturated heterocycles. The normalized spacial score (nSPS) is 15.1. The second-order valence-corrected chi connectivity index (χ2v) is 8.16. The van der Waals surface area contributed by atoms with Crippen molar-refractivity contribution in [1.29, 1.82) is 0 Å². The van der Waals surface area contributed by atoms with E-state index in [4.69, 9.17) is 0 Å². The maximum absolute atomic E-state index is 13.5. The lowest BCUT2D eigenvalue weighted by molar-refractivity contribution is 0.0958. The first-order chi connectivity index (χ1) is 15.0. The molecule has 1 aliphatic rings. The number of aryl methyl sites for hydroxylation is 1. The predicted molar refractivity (Wildman–Crippen MR) is 119 cm³/mol. The van der Waals surface area contributed by atoms with E-state index >= 15 is 0 Å². The molecule has 0 aliphatic carbocycles. The number of amides is 1. The summed E-state index contributed by atoms with van der Waals surface area (Å²) in [6.07, 6.45) is 1.59. The Morgan fingerprint density at radius 3 is 2.32 bits per heavy atom. The molecule has 1 fully saturated rings. The van der Waals surface area contributed by atoms with E-state index in [0.29, 0.717) is 17.8 Å². The largest absolute Gasteiger partial charge is 0.305 e. The molecule has 160 valence electrons. The molecule has 0 N–H and O–H groups in total. The third-order valence-corrected chi connectivity index (χ3v) is 5.81. The van der Waals surface area contributed by atoms with E-state index in [2.05, 4.69) is 4.90 Å². The lowest BCUT2D eigenvalue weighted by Crippen LogP contribution is -2.47. The number of rotatable bonds is 5. The van der Waals surface area contributed by atoms with Crippen LogP contribution in [0.1, 0.15) is 34.3 Å². The van der Waals surface area contributed by atoms with Gasteiger partial charge in [-0.15, -0.1) is 0 Å². The predicted octanol–water partition coefficient (Wildman–Crippen LogP) is 5.58. The Balaban J connectivity index is 1.52. The quantitative estimate of drug-likeness (QED) is 0.538. The van der Waals surface area contributed by atoms with Gasteiger partial charge in [0.25, 0.3) is 5.91 Å². The molecule has 0 unspecified atom stereocenters. The van der Waals surface area contributed by atoms with Gasteiger partial charge in [-0.2, -0.15) is 0 Å². The Morgan fingerprint density at radius 1 is 0.935 bits per heavy atom. The second kappa shape index (κ2) is 9.40. The van der Waals surface area contributed by atoms with Gasteiger partial charge in [-0.05, 0) is 73.9 Å². The van der Waals surface area contributed by atoms with Crippen molar-refractivity contribution in [3.63, 3.8) is 0 Å². The highest BCUT2D eigenvalue weighted by Gasteiger charge is 2.30. The van der Waals surface area contributed by atoms with Crippen LogP contribution in [-0.2, 0) is 6.54 Å². The summed E-state index contributed by atoms with van der Waals surface area (Å²) in [4.78, 5) is 17.6. The summed E-state index contributed by atoms with van der Waals surface area (Å²) in [5.41, 5.74) is 3.31. The molecule has 0 bridgehead atoms. The minimum atomic E-state index is -0.323. The number of anilines is 1. The minimum absolute atomic E-state index is 0.0160. The van der Waals surface area contributed by atoms with Crippen LogP contribution in [-0.4, -0.2) is 29.9 Å². The molecule has 0 atom stereocenters. The van der Waals surface area contributed by atoms with E-state index in [1.165, 1.54) is 18.2 Å². The third-order valence-electron chi connectivity index (χ3n) is 5.81. The molecule has 5 heteroatoms. The Hall–Kier alpha value is -3.05. The van der Waals surface area contributed by atoms with Crippen LogP contribution in [0, 0.1) is 18.6 Å². The van der Waals surface area contributed by atoms with Crippen LogP contribution in [0.5, 0.6) is 0 Å². The molecule has 3 aromatic carbocycles. The van der Waals surface area contributed by atoms with Gasteiger partial charge in [0, 0.05) is 36.9 Å². The monoisotopic (exact) mass is 420 g/mol. The molecule has 3 nitrogen and oxygen atoms in total. The molecule has 0 aromatic heterocycles. The van der Waals surface area contributed by atoms with Gasteiger partial charge in [0.1, 0.15) is 11.6 Å². The average molecular weight is 421 g/mol. The SMILES string of the molecule is Cc1cccc(C(=O)N(c2ccc(F)cc2)C2CCN(Cc3cccc(F)c3)CC2)c1. The van der Waals surface area contributed by atoms with Gasteiger partial charge in [0.15, 0.2) is 0 Å². The Morgan fingerprint density at radius 2 is 1.65 bits per heavy atom. The topological polar surface area (TPSA) is 23.6 Å². The third kappa shape index (κ3) is 5.17. The molecular formula is C26H26F2N2O. The number of halogens is 2. The number of hydrogen-bond acceptors (Lipinski definition) is 2. The zero-order chi connectivity index (χ0) is 21.8. The van der Waals surface area contributed by atoms with Crippen molar-refractivity contribution in [2.24, 2.45) is 0 Å². The van der Waals surface area contributed by atoms with Crippen LogP contribution in [0.2, 0.25) is 0 Å². The zero-order valence-corrected chi connectivity index (χ0v) is 17.6. The summed E-state index contributed by atoms with van der Waals surface area (Å²) in [6.45, 7) is 4.26. The lowest BCUT2D eigenvalue weighted by atomic mass is 9.99. The van der Waals surface area contributed by atoms with E-state index in [0.717, 1.165) is 37.1 Å². The molecule has 4 rings (SSSR count). The van der Waals surface area contributed by atoms with Crippen molar-refractivity contribution in [3.8, 4) is 0 Å². The summed E-state index contributed by atoms with van der Waals surface area (Å²) in [5.74, 6) is -0.617. The van der Waals surface area contributed by atoms with Gasteiger partial charge < -0.3 is 4.90 Å². The molecule has 0 radical (unpaired) electrons. The highest BCUT2D eigenvalue weighted by molar-refractivity contribution is 6.06. The molecular weight excluding hydrogens is 394 g/mol. The van der Waals surface area contributed by atoms with Gasteiger partial charge in [0.2, 0.25) is 0 Å². The average Bonchev–Trinajstić information content (AvgIpc) is 2.76. The number of carbonyl (C=O) groups is 1. The maximum Gasteiger partial charge on any atom is 0.258 e. The maximum atomic E-state index is 13.5. The van der Waals surface area contributed by atoms with Crippen LogP contribution >= 0.6 is 0 Å². The van der Waals surface area contributed by atoms with Gasteiger partial charge in [-0.25, -0.2) is 8.78 Å². The lowest BCUT2D eigenvalue weighted by Gasteiger charge is -2.38. The fourth-order valence-electron chi connectivity index (χ4n) is 4.24. The molecule has 1 amide bonds. The van der Waals surface area contributed by atoms with Crippen molar-refractivity contribution in [1.82, 2.24) is 4.90 Å². The number of benzene rings is 3. The summed E-state index contributed by atoms with van der Waals surface area (Å²) >= 11 is 0. The number of piperidine rings is 1. The fraction of sp³-hybridized carbons (Fsp3) is 0.269. The minimum Gasteiger partial charge on any atom is -0.305 e. The highest BCUT2D eigenvalue weighted by atomic mass is 19.1. The van der Waals surface area contributed by atoms with Crippen molar-refractivity contribution in [2.45, 2.75) is 32.4 Å². The Kier molecular flexibility index (Phi) is 6.42. The van der Waals surface area contributed by atoms with Crippen molar-refractivity contribution >= 4 is 11.6 Å². The second-order valence-electron chi connectivity index (χ2n) is 8.16.